The number of hydrogen-bond acceptors (Lipinski definition) is 3. The van der Waals surface area contributed by atoms with Crippen LogP contribution in [0.25, 0.3) is 10.9 Å². The molecule has 1 aliphatic heterocycles. The van der Waals surface area contributed by atoms with Gasteiger partial charge in [0.05, 0.1) is 5.52 Å². The van der Waals surface area contributed by atoms with E-state index in [0.29, 0.717) is 12.0 Å². The smallest absolute Gasteiger partial charge is 0.0705 e. The number of pyridine rings is 1. The minimum absolute atomic E-state index is 0.697. The molecule has 0 spiro atoms. The van der Waals surface area contributed by atoms with Crippen molar-refractivity contribution in [2.24, 2.45) is 5.92 Å². The van der Waals surface area contributed by atoms with Crippen molar-refractivity contribution in [3.8, 4) is 0 Å². The Labute approximate surface area is 133 Å². The SMILES string of the molecule is CC(C)CN(Cc1ccnc2ccccc12)C1CCNCC1. The molecule has 0 aliphatic carbocycles. The molecule has 0 atom stereocenters. The van der Waals surface area contributed by atoms with Crippen LogP contribution in [0.1, 0.15) is 32.3 Å². The Morgan fingerprint density at radius 3 is 2.73 bits per heavy atom. The molecule has 0 amide bonds. The Bertz CT molecular complexity index is 597. The fourth-order valence-electron chi connectivity index (χ4n) is 3.50. The van der Waals surface area contributed by atoms with E-state index in [4.69, 9.17) is 0 Å². The van der Waals surface area contributed by atoms with Gasteiger partial charge in [-0.2, -0.15) is 0 Å². The van der Waals surface area contributed by atoms with E-state index in [1.165, 1.54) is 30.3 Å². The van der Waals surface area contributed by atoms with Gasteiger partial charge in [-0.1, -0.05) is 32.0 Å². The van der Waals surface area contributed by atoms with Crippen LogP contribution in [-0.4, -0.2) is 35.6 Å². The minimum atomic E-state index is 0.697. The van der Waals surface area contributed by atoms with E-state index in [1.807, 2.05) is 6.20 Å². The standard InChI is InChI=1S/C19H27N3/c1-15(2)13-22(17-8-10-20-11-9-17)14-16-7-12-21-19-6-4-3-5-18(16)19/h3-7,12,15,17,20H,8-11,13-14H2,1-2H3. The molecule has 118 valence electrons. The van der Waals surface area contributed by atoms with Crippen LogP contribution in [-0.2, 0) is 6.54 Å². The van der Waals surface area contributed by atoms with Crippen molar-refractivity contribution in [3.63, 3.8) is 0 Å². The van der Waals surface area contributed by atoms with Crippen LogP contribution < -0.4 is 5.32 Å². The number of aromatic nitrogens is 1. The Hall–Kier alpha value is -1.45. The van der Waals surface area contributed by atoms with Gasteiger partial charge < -0.3 is 5.32 Å². The number of piperidine rings is 1. The molecule has 22 heavy (non-hydrogen) atoms. The van der Waals surface area contributed by atoms with Gasteiger partial charge >= 0.3 is 0 Å². The van der Waals surface area contributed by atoms with Crippen LogP contribution in [0.3, 0.4) is 0 Å². The lowest BCUT2D eigenvalue weighted by Gasteiger charge is -2.36. The highest BCUT2D eigenvalue weighted by molar-refractivity contribution is 5.81. The first kappa shape index (κ1) is 15.4. The monoisotopic (exact) mass is 297 g/mol. The van der Waals surface area contributed by atoms with Crippen molar-refractivity contribution in [1.82, 2.24) is 15.2 Å². The van der Waals surface area contributed by atoms with Crippen LogP contribution in [0.15, 0.2) is 36.5 Å². The molecule has 3 heteroatoms. The highest BCUT2D eigenvalue weighted by Gasteiger charge is 2.22. The molecule has 3 rings (SSSR count). The summed E-state index contributed by atoms with van der Waals surface area (Å²) < 4.78 is 0. The zero-order valence-corrected chi connectivity index (χ0v) is 13.8. The molecule has 0 radical (unpaired) electrons. The molecular weight excluding hydrogens is 270 g/mol. The molecule has 2 aromatic rings. The summed E-state index contributed by atoms with van der Waals surface area (Å²) in [5.74, 6) is 0.697. The first-order chi connectivity index (χ1) is 10.7. The Morgan fingerprint density at radius 1 is 1.18 bits per heavy atom. The zero-order chi connectivity index (χ0) is 15.4. The predicted octanol–water partition coefficient (Wildman–Crippen LogP) is 3.44. The van der Waals surface area contributed by atoms with Gasteiger partial charge in [-0.05, 0) is 49.5 Å². The predicted molar refractivity (Wildman–Crippen MR) is 92.9 cm³/mol. The molecule has 1 N–H and O–H groups in total. The lowest BCUT2D eigenvalue weighted by Crippen LogP contribution is -2.44. The van der Waals surface area contributed by atoms with E-state index >= 15 is 0 Å². The number of rotatable bonds is 5. The van der Waals surface area contributed by atoms with Crippen molar-refractivity contribution in [1.29, 1.82) is 0 Å². The van der Waals surface area contributed by atoms with E-state index in [9.17, 15) is 0 Å². The third-order valence-electron chi connectivity index (χ3n) is 4.54. The maximum absolute atomic E-state index is 4.49. The summed E-state index contributed by atoms with van der Waals surface area (Å²) in [7, 11) is 0. The molecule has 1 aromatic carbocycles. The van der Waals surface area contributed by atoms with Gasteiger partial charge in [-0.25, -0.2) is 0 Å². The van der Waals surface area contributed by atoms with E-state index in [2.05, 4.69) is 59.4 Å². The van der Waals surface area contributed by atoms with Gasteiger partial charge in [-0.3, -0.25) is 9.88 Å². The van der Waals surface area contributed by atoms with Gasteiger partial charge in [0.1, 0.15) is 0 Å². The van der Waals surface area contributed by atoms with Crippen molar-refractivity contribution < 1.29 is 0 Å². The summed E-state index contributed by atoms with van der Waals surface area (Å²) in [5, 5.41) is 4.78. The van der Waals surface area contributed by atoms with Gasteiger partial charge in [0, 0.05) is 30.7 Å². The van der Waals surface area contributed by atoms with Crippen LogP contribution >= 0.6 is 0 Å². The van der Waals surface area contributed by atoms with Crippen molar-refractivity contribution in [2.75, 3.05) is 19.6 Å². The van der Waals surface area contributed by atoms with Gasteiger partial charge in [0.15, 0.2) is 0 Å². The van der Waals surface area contributed by atoms with E-state index in [-0.39, 0.29) is 0 Å². The molecule has 3 nitrogen and oxygen atoms in total. The number of para-hydroxylation sites is 1. The second-order valence-electron chi connectivity index (χ2n) is 6.79. The van der Waals surface area contributed by atoms with Crippen molar-refractivity contribution >= 4 is 10.9 Å². The molecule has 0 saturated carbocycles. The van der Waals surface area contributed by atoms with Crippen LogP contribution in [0.5, 0.6) is 0 Å². The molecular formula is C19H27N3. The summed E-state index contributed by atoms with van der Waals surface area (Å²) in [6, 6.07) is 11.4. The van der Waals surface area contributed by atoms with Gasteiger partial charge in [-0.15, -0.1) is 0 Å². The highest BCUT2D eigenvalue weighted by Crippen LogP contribution is 2.22. The summed E-state index contributed by atoms with van der Waals surface area (Å²) >= 11 is 0. The third-order valence-corrected chi connectivity index (χ3v) is 4.54. The Kier molecular flexibility index (Phi) is 5.06. The molecule has 0 unspecified atom stereocenters. The summed E-state index contributed by atoms with van der Waals surface area (Å²) in [5.41, 5.74) is 2.51. The first-order valence-corrected chi connectivity index (χ1v) is 8.51. The number of fused-ring (bicyclic) bond motifs is 1. The number of nitrogens with one attached hydrogen (secondary N) is 1. The van der Waals surface area contributed by atoms with E-state index < -0.39 is 0 Å². The molecule has 1 aliphatic rings. The van der Waals surface area contributed by atoms with Crippen LogP contribution in [0.4, 0.5) is 0 Å². The molecule has 1 fully saturated rings. The number of benzene rings is 1. The molecule has 0 bridgehead atoms. The summed E-state index contributed by atoms with van der Waals surface area (Å²) in [6.07, 6.45) is 4.47. The average Bonchev–Trinajstić information content (AvgIpc) is 2.55. The second-order valence-corrected chi connectivity index (χ2v) is 6.79. The Balaban J connectivity index is 1.84. The van der Waals surface area contributed by atoms with Crippen molar-refractivity contribution in [2.45, 2.75) is 39.3 Å². The van der Waals surface area contributed by atoms with Gasteiger partial charge in [0.2, 0.25) is 0 Å². The third kappa shape index (κ3) is 3.65. The van der Waals surface area contributed by atoms with Crippen LogP contribution in [0, 0.1) is 5.92 Å². The maximum Gasteiger partial charge on any atom is 0.0705 e. The normalized spacial score (nSPS) is 16.7. The Morgan fingerprint density at radius 2 is 1.95 bits per heavy atom. The number of hydrogen-bond donors (Lipinski definition) is 1. The fraction of sp³-hybridized carbons (Fsp3) is 0.526. The maximum atomic E-state index is 4.49. The quantitative estimate of drug-likeness (QED) is 0.916. The molecule has 2 heterocycles. The number of nitrogens with zero attached hydrogens (tertiary/aromatic N) is 2. The minimum Gasteiger partial charge on any atom is -0.317 e. The largest absolute Gasteiger partial charge is 0.317 e. The van der Waals surface area contributed by atoms with E-state index in [1.54, 1.807) is 0 Å². The topological polar surface area (TPSA) is 28.2 Å². The average molecular weight is 297 g/mol. The highest BCUT2D eigenvalue weighted by atomic mass is 15.2. The lowest BCUT2D eigenvalue weighted by molar-refractivity contribution is 0.138. The summed E-state index contributed by atoms with van der Waals surface area (Å²) in [4.78, 5) is 7.18. The fourth-order valence-corrected chi connectivity index (χ4v) is 3.50. The second kappa shape index (κ2) is 7.21. The lowest BCUT2D eigenvalue weighted by atomic mass is 10.0. The first-order valence-electron chi connectivity index (χ1n) is 8.51. The molecule has 1 aromatic heterocycles. The summed E-state index contributed by atoms with van der Waals surface area (Å²) in [6.45, 7) is 9.14. The van der Waals surface area contributed by atoms with Crippen molar-refractivity contribution in [3.05, 3.63) is 42.1 Å². The van der Waals surface area contributed by atoms with Gasteiger partial charge in [0.25, 0.3) is 0 Å². The van der Waals surface area contributed by atoms with Crippen LogP contribution in [0.2, 0.25) is 0 Å². The van der Waals surface area contributed by atoms with E-state index in [0.717, 1.165) is 25.2 Å². The zero-order valence-electron chi connectivity index (χ0n) is 13.8. The molecule has 1 saturated heterocycles.